The SMILES string of the molecule is CC(C)(C)OC(=O)N[C@H]1CCCC[C@H]1C(=O)NCN. The molecule has 4 N–H and O–H groups in total. The molecule has 0 aromatic heterocycles. The normalized spacial score (nSPS) is 23.6. The molecular formula is C13H25N3O3. The van der Waals surface area contributed by atoms with Crippen LogP contribution in [0.5, 0.6) is 0 Å². The van der Waals surface area contributed by atoms with Crippen molar-refractivity contribution >= 4 is 12.0 Å². The third kappa shape index (κ3) is 5.46. The van der Waals surface area contributed by atoms with Gasteiger partial charge < -0.3 is 21.1 Å². The molecule has 110 valence electrons. The Morgan fingerprint density at radius 1 is 1.26 bits per heavy atom. The smallest absolute Gasteiger partial charge is 0.407 e. The molecule has 0 radical (unpaired) electrons. The van der Waals surface area contributed by atoms with E-state index in [9.17, 15) is 9.59 Å². The Labute approximate surface area is 114 Å². The molecule has 0 heterocycles. The molecule has 0 bridgehead atoms. The van der Waals surface area contributed by atoms with Crippen LogP contribution in [0.3, 0.4) is 0 Å². The number of rotatable bonds is 3. The summed E-state index contributed by atoms with van der Waals surface area (Å²) in [7, 11) is 0. The molecule has 0 saturated heterocycles. The Bertz CT molecular complexity index is 326. The number of carbonyl (C=O) groups is 2. The molecule has 0 aromatic rings. The largest absolute Gasteiger partial charge is 0.444 e. The standard InChI is InChI=1S/C13H25N3O3/c1-13(2,3)19-12(18)16-10-7-5-4-6-9(10)11(17)15-8-14/h9-10H,4-8,14H2,1-3H3,(H,15,17)(H,16,18)/t9-,10+/m1/s1. The quantitative estimate of drug-likeness (QED) is 0.670. The van der Waals surface area contributed by atoms with Crippen LogP contribution in [0, 0.1) is 5.92 Å². The Morgan fingerprint density at radius 2 is 1.89 bits per heavy atom. The van der Waals surface area contributed by atoms with Gasteiger partial charge in [0.05, 0.1) is 12.6 Å². The second kappa shape index (κ2) is 6.75. The van der Waals surface area contributed by atoms with Crippen LogP contribution < -0.4 is 16.4 Å². The molecule has 1 aliphatic rings. The van der Waals surface area contributed by atoms with Crippen molar-refractivity contribution in [2.75, 3.05) is 6.67 Å². The summed E-state index contributed by atoms with van der Waals surface area (Å²) in [6.07, 6.45) is 3.10. The van der Waals surface area contributed by atoms with Gasteiger partial charge in [-0.05, 0) is 33.6 Å². The van der Waals surface area contributed by atoms with E-state index in [2.05, 4.69) is 10.6 Å². The average Bonchev–Trinajstić information content (AvgIpc) is 2.27. The lowest BCUT2D eigenvalue weighted by atomic mass is 9.84. The van der Waals surface area contributed by atoms with Gasteiger partial charge in [0.1, 0.15) is 5.60 Å². The topological polar surface area (TPSA) is 93.4 Å². The van der Waals surface area contributed by atoms with Gasteiger partial charge in [-0.15, -0.1) is 0 Å². The summed E-state index contributed by atoms with van der Waals surface area (Å²) in [4.78, 5) is 23.7. The van der Waals surface area contributed by atoms with Crippen LogP contribution in [0.1, 0.15) is 46.5 Å². The van der Waals surface area contributed by atoms with E-state index in [1.54, 1.807) is 0 Å². The van der Waals surface area contributed by atoms with Gasteiger partial charge in [-0.1, -0.05) is 12.8 Å². The molecule has 0 aliphatic heterocycles. The van der Waals surface area contributed by atoms with Crippen LogP contribution >= 0.6 is 0 Å². The number of hydrogen-bond acceptors (Lipinski definition) is 4. The fourth-order valence-corrected chi connectivity index (χ4v) is 2.31. The first-order valence-electron chi connectivity index (χ1n) is 6.81. The van der Waals surface area contributed by atoms with Gasteiger partial charge in [-0.2, -0.15) is 0 Å². The van der Waals surface area contributed by atoms with Crippen molar-refractivity contribution in [2.24, 2.45) is 11.7 Å². The first-order chi connectivity index (χ1) is 8.83. The highest BCUT2D eigenvalue weighted by molar-refractivity contribution is 5.80. The number of amides is 2. The molecule has 6 heteroatoms. The molecule has 1 saturated carbocycles. The van der Waals surface area contributed by atoms with Crippen molar-refractivity contribution in [3.63, 3.8) is 0 Å². The Hall–Kier alpha value is -1.30. The summed E-state index contributed by atoms with van der Waals surface area (Å²) in [5.74, 6) is -0.312. The molecule has 0 unspecified atom stereocenters. The Morgan fingerprint density at radius 3 is 2.47 bits per heavy atom. The number of ether oxygens (including phenoxy) is 1. The highest BCUT2D eigenvalue weighted by Crippen LogP contribution is 2.25. The van der Waals surface area contributed by atoms with Gasteiger partial charge in [0, 0.05) is 6.04 Å². The van der Waals surface area contributed by atoms with Crippen LogP contribution in [0.4, 0.5) is 4.79 Å². The summed E-state index contributed by atoms with van der Waals surface area (Å²) < 4.78 is 5.22. The van der Waals surface area contributed by atoms with Crippen LogP contribution in [0.15, 0.2) is 0 Å². The van der Waals surface area contributed by atoms with E-state index < -0.39 is 11.7 Å². The first kappa shape index (κ1) is 15.8. The average molecular weight is 271 g/mol. The number of nitrogens with one attached hydrogen (secondary N) is 2. The highest BCUT2D eigenvalue weighted by Gasteiger charge is 2.32. The van der Waals surface area contributed by atoms with Crippen LogP contribution in [-0.2, 0) is 9.53 Å². The molecule has 2 atom stereocenters. The third-order valence-electron chi connectivity index (χ3n) is 3.08. The van der Waals surface area contributed by atoms with Gasteiger partial charge >= 0.3 is 6.09 Å². The molecule has 0 aromatic carbocycles. The summed E-state index contributed by atoms with van der Waals surface area (Å²) in [6, 6.07) is -0.171. The second-order valence-corrected chi connectivity index (χ2v) is 5.89. The van der Waals surface area contributed by atoms with Crippen LogP contribution in [-0.4, -0.2) is 30.3 Å². The van der Waals surface area contributed by atoms with E-state index in [-0.39, 0.29) is 24.5 Å². The predicted octanol–water partition coefficient (Wildman–Crippen LogP) is 1.10. The van der Waals surface area contributed by atoms with Gasteiger partial charge in [-0.25, -0.2) is 4.79 Å². The molecule has 1 rings (SSSR count). The maximum Gasteiger partial charge on any atom is 0.407 e. The zero-order valence-corrected chi connectivity index (χ0v) is 12.0. The van der Waals surface area contributed by atoms with Gasteiger partial charge in [-0.3, -0.25) is 4.79 Å². The van der Waals surface area contributed by atoms with Crippen LogP contribution in [0.2, 0.25) is 0 Å². The second-order valence-electron chi connectivity index (χ2n) is 5.89. The fourth-order valence-electron chi connectivity index (χ4n) is 2.31. The van der Waals surface area contributed by atoms with Crippen molar-refractivity contribution in [3.8, 4) is 0 Å². The Balaban J connectivity index is 2.57. The molecule has 6 nitrogen and oxygen atoms in total. The first-order valence-corrected chi connectivity index (χ1v) is 6.81. The van der Waals surface area contributed by atoms with Crippen molar-refractivity contribution in [1.29, 1.82) is 0 Å². The number of nitrogens with two attached hydrogens (primary N) is 1. The molecular weight excluding hydrogens is 246 g/mol. The van der Waals surface area contributed by atoms with E-state index in [4.69, 9.17) is 10.5 Å². The Kier molecular flexibility index (Phi) is 5.60. The monoisotopic (exact) mass is 271 g/mol. The zero-order valence-electron chi connectivity index (χ0n) is 12.0. The van der Waals surface area contributed by atoms with Gasteiger partial charge in [0.15, 0.2) is 0 Å². The van der Waals surface area contributed by atoms with Crippen molar-refractivity contribution in [3.05, 3.63) is 0 Å². The minimum atomic E-state index is -0.534. The van der Waals surface area contributed by atoms with Crippen molar-refractivity contribution in [2.45, 2.75) is 58.1 Å². The number of alkyl carbamates (subject to hydrolysis) is 1. The zero-order chi connectivity index (χ0) is 14.5. The number of carbonyl (C=O) groups excluding carboxylic acids is 2. The number of hydrogen-bond donors (Lipinski definition) is 3. The maximum atomic E-state index is 11.9. The third-order valence-corrected chi connectivity index (χ3v) is 3.08. The van der Waals surface area contributed by atoms with Gasteiger partial charge in [0.25, 0.3) is 0 Å². The van der Waals surface area contributed by atoms with E-state index in [1.165, 1.54) is 0 Å². The summed E-state index contributed by atoms with van der Waals surface area (Å²) in [6.45, 7) is 5.55. The maximum absolute atomic E-state index is 11.9. The minimum Gasteiger partial charge on any atom is -0.444 e. The fraction of sp³-hybridized carbons (Fsp3) is 0.846. The summed E-state index contributed by atoms with van der Waals surface area (Å²) in [5, 5.41) is 5.42. The minimum absolute atomic E-state index is 0.0942. The molecule has 19 heavy (non-hydrogen) atoms. The lowest BCUT2D eigenvalue weighted by Crippen LogP contribution is -2.50. The predicted molar refractivity (Wildman–Crippen MR) is 72.3 cm³/mol. The summed E-state index contributed by atoms with van der Waals surface area (Å²) in [5.41, 5.74) is 4.79. The molecule has 2 amide bonds. The van der Waals surface area contributed by atoms with Crippen LogP contribution in [0.25, 0.3) is 0 Å². The van der Waals surface area contributed by atoms with Crippen molar-refractivity contribution in [1.82, 2.24) is 10.6 Å². The van der Waals surface area contributed by atoms with Crippen molar-refractivity contribution < 1.29 is 14.3 Å². The lowest BCUT2D eigenvalue weighted by molar-refractivity contribution is -0.126. The summed E-state index contributed by atoms with van der Waals surface area (Å²) >= 11 is 0. The lowest BCUT2D eigenvalue weighted by Gasteiger charge is -2.31. The molecule has 0 spiro atoms. The molecule has 1 fully saturated rings. The van der Waals surface area contributed by atoms with E-state index >= 15 is 0 Å². The van der Waals surface area contributed by atoms with E-state index in [0.717, 1.165) is 25.7 Å². The molecule has 1 aliphatic carbocycles. The van der Waals surface area contributed by atoms with E-state index in [0.29, 0.717) is 0 Å². The van der Waals surface area contributed by atoms with Gasteiger partial charge in [0.2, 0.25) is 5.91 Å². The van der Waals surface area contributed by atoms with E-state index in [1.807, 2.05) is 20.8 Å². The highest BCUT2D eigenvalue weighted by atomic mass is 16.6.